The third-order valence-corrected chi connectivity index (χ3v) is 8.12. The molecule has 0 saturated carbocycles. The number of nitrogens with zero attached hydrogens (tertiary/aromatic N) is 4. The van der Waals surface area contributed by atoms with Crippen LogP contribution >= 0.6 is 10.8 Å². The molecule has 1 saturated heterocycles. The predicted octanol–water partition coefficient (Wildman–Crippen LogP) is 4.52. The summed E-state index contributed by atoms with van der Waals surface area (Å²) in [5, 5.41) is 14.5. The number of anilines is 1. The first-order chi connectivity index (χ1) is 17.7. The van der Waals surface area contributed by atoms with Crippen LogP contribution < -0.4 is 15.6 Å². The highest BCUT2D eigenvalue weighted by Crippen LogP contribution is 2.56. The Balaban J connectivity index is 1.48. The van der Waals surface area contributed by atoms with Crippen LogP contribution in [0.1, 0.15) is 38.7 Å². The van der Waals surface area contributed by atoms with E-state index in [0.29, 0.717) is 41.5 Å². The van der Waals surface area contributed by atoms with Crippen LogP contribution in [0.5, 0.6) is 11.5 Å². The molecule has 0 atom stereocenters. The predicted molar refractivity (Wildman–Crippen MR) is 146 cm³/mol. The summed E-state index contributed by atoms with van der Waals surface area (Å²) in [5.74, 6) is 0.454. The average Bonchev–Trinajstić information content (AvgIpc) is 3.37. The molecule has 4 N–H and O–H groups in total. The first-order valence-electron chi connectivity index (χ1n) is 12.6. The molecule has 1 fully saturated rings. The Hall–Kier alpha value is -3.12. The average molecular weight is 528 g/mol. The molecule has 0 radical (unpaired) electrons. The van der Waals surface area contributed by atoms with Gasteiger partial charge in [-0.1, -0.05) is 24.6 Å². The van der Waals surface area contributed by atoms with Crippen LogP contribution in [0.4, 0.5) is 5.69 Å². The number of hydrogen-bond acceptors (Lipinski definition) is 9. The van der Waals surface area contributed by atoms with Crippen molar-refractivity contribution in [2.24, 2.45) is 10.3 Å². The number of aryl methyl sites for hydroxylation is 1. The van der Waals surface area contributed by atoms with Crippen LogP contribution in [-0.4, -0.2) is 60.7 Å². The molecule has 5 rings (SSSR count). The molecule has 11 heteroatoms. The Bertz CT molecular complexity index is 1400. The molecule has 2 aliphatic heterocycles. The Morgan fingerprint density at radius 2 is 1.95 bits per heavy atom. The molecule has 198 valence electrons. The van der Waals surface area contributed by atoms with E-state index < -0.39 is 16.3 Å². The fourth-order valence-corrected chi connectivity index (χ4v) is 5.91. The van der Waals surface area contributed by atoms with Crippen molar-refractivity contribution in [1.82, 2.24) is 14.5 Å². The summed E-state index contributed by atoms with van der Waals surface area (Å²) in [4.78, 5) is 20.4. The number of hydrogen-bond donors (Lipinski definition) is 4. The maximum atomic E-state index is 13.6. The quantitative estimate of drug-likeness (QED) is 0.336. The maximum absolute atomic E-state index is 13.6. The summed E-state index contributed by atoms with van der Waals surface area (Å²) in [6.45, 7) is 7.98. The minimum absolute atomic E-state index is 0.0956. The third kappa shape index (κ3) is 5.17. The van der Waals surface area contributed by atoms with Crippen molar-refractivity contribution in [2.45, 2.75) is 44.6 Å². The molecule has 0 spiro atoms. The summed E-state index contributed by atoms with van der Waals surface area (Å²) in [7, 11) is -3.67. The number of aromatic nitrogens is 2. The minimum Gasteiger partial charge on any atom is -0.506 e. The van der Waals surface area contributed by atoms with E-state index in [1.54, 1.807) is 36.5 Å². The van der Waals surface area contributed by atoms with E-state index >= 15 is 0 Å². The van der Waals surface area contributed by atoms with Crippen molar-refractivity contribution < 1.29 is 18.9 Å². The van der Waals surface area contributed by atoms with Gasteiger partial charge in [-0.3, -0.25) is 23.4 Å². The van der Waals surface area contributed by atoms with E-state index in [1.165, 1.54) is 17.4 Å². The van der Waals surface area contributed by atoms with Crippen LogP contribution in [0.3, 0.4) is 0 Å². The van der Waals surface area contributed by atoms with Gasteiger partial charge in [-0.15, -0.1) is 4.40 Å². The Morgan fingerprint density at radius 1 is 1.16 bits per heavy atom. The fraction of sp³-hybridized carbons (Fsp3) is 0.423. The molecule has 0 aliphatic carbocycles. The van der Waals surface area contributed by atoms with Crippen LogP contribution in [0.15, 0.2) is 50.6 Å². The highest BCUT2D eigenvalue weighted by Gasteiger charge is 2.31. The Kier molecular flexibility index (Phi) is 7.13. The van der Waals surface area contributed by atoms with Gasteiger partial charge in [0.15, 0.2) is 5.84 Å². The summed E-state index contributed by atoms with van der Waals surface area (Å²) in [6, 6.07) is 8.31. The molecule has 2 aliphatic rings. The molecular formula is C26H33N5O5S. The second-order valence-electron chi connectivity index (χ2n) is 9.88. The summed E-state index contributed by atoms with van der Waals surface area (Å²) in [5.41, 5.74) is 0.126. The summed E-state index contributed by atoms with van der Waals surface area (Å²) >= 11 is 0. The lowest BCUT2D eigenvalue weighted by Gasteiger charge is -2.34. The van der Waals surface area contributed by atoms with Gasteiger partial charge in [-0.25, -0.2) is 4.98 Å². The summed E-state index contributed by atoms with van der Waals surface area (Å²) in [6.07, 6.45) is 4.71. The first kappa shape index (κ1) is 25.5. The van der Waals surface area contributed by atoms with E-state index in [-0.39, 0.29) is 22.0 Å². The van der Waals surface area contributed by atoms with E-state index in [9.17, 15) is 19.0 Å². The SMILES string of the molecule is CC(C)CCn1c(=O)c(C2=NS(O)(O)c3cc(OCCN4CCCC4)ccc3N2)c(O)c2cccnc21. The number of pyridine rings is 2. The van der Waals surface area contributed by atoms with Gasteiger partial charge in [0.25, 0.3) is 5.56 Å². The van der Waals surface area contributed by atoms with Crippen molar-refractivity contribution in [2.75, 3.05) is 31.6 Å². The number of ether oxygens (including phenoxy) is 1. The lowest BCUT2D eigenvalue weighted by atomic mass is 10.1. The lowest BCUT2D eigenvalue weighted by molar-refractivity contribution is 0.237. The van der Waals surface area contributed by atoms with Gasteiger partial charge in [0.05, 0.1) is 11.1 Å². The first-order valence-corrected chi connectivity index (χ1v) is 14.1. The number of amidine groups is 1. The minimum atomic E-state index is -3.67. The van der Waals surface area contributed by atoms with Crippen molar-refractivity contribution in [3.05, 3.63) is 52.4 Å². The van der Waals surface area contributed by atoms with Crippen molar-refractivity contribution in [1.29, 1.82) is 0 Å². The fourth-order valence-electron chi connectivity index (χ4n) is 4.73. The van der Waals surface area contributed by atoms with Gasteiger partial charge in [0, 0.05) is 25.4 Å². The van der Waals surface area contributed by atoms with Crippen LogP contribution in [0, 0.1) is 5.92 Å². The van der Waals surface area contributed by atoms with Gasteiger partial charge in [-0.05, 0) is 62.5 Å². The van der Waals surface area contributed by atoms with Crippen LogP contribution in [0.2, 0.25) is 0 Å². The zero-order valence-electron chi connectivity index (χ0n) is 21.1. The molecule has 0 unspecified atom stereocenters. The van der Waals surface area contributed by atoms with Crippen LogP contribution in [0.25, 0.3) is 11.0 Å². The van der Waals surface area contributed by atoms with E-state index in [1.807, 2.05) is 0 Å². The van der Waals surface area contributed by atoms with E-state index in [0.717, 1.165) is 26.1 Å². The normalized spacial score (nSPS) is 17.9. The summed E-state index contributed by atoms with van der Waals surface area (Å²) < 4.78 is 33.4. The second-order valence-corrected chi connectivity index (χ2v) is 11.5. The highest BCUT2D eigenvalue weighted by molar-refractivity contribution is 8.23. The van der Waals surface area contributed by atoms with Gasteiger partial charge in [0.2, 0.25) is 0 Å². The molecule has 37 heavy (non-hydrogen) atoms. The van der Waals surface area contributed by atoms with Crippen LogP contribution in [-0.2, 0) is 6.54 Å². The highest BCUT2D eigenvalue weighted by atomic mass is 32.3. The van der Waals surface area contributed by atoms with Gasteiger partial charge in [0.1, 0.15) is 34.2 Å². The molecule has 1 aromatic carbocycles. The third-order valence-electron chi connectivity index (χ3n) is 6.75. The maximum Gasteiger partial charge on any atom is 0.267 e. The van der Waals surface area contributed by atoms with Gasteiger partial charge < -0.3 is 15.2 Å². The number of likely N-dealkylation sites (tertiary alicyclic amines) is 1. The molecule has 0 bridgehead atoms. The largest absolute Gasteiger partial charge is 0.506 e. The van der Waals surface area contributed by atoms with Crippen molar-refractivity contribution >= 4 is 33.3 Å². The van der Waals surface area contributed by atoms with Crippen molar-refractivity contribution in [3.63, 3.8) is 0 Å². The number of aromatic hydroxyl groups is 1. The molecule has 0 amide bonds. The van der Waals surface area contributed by atoms with E-state index in [2.05, 4.69) is 33.4 Å². The molecule has 3 aromatic rings. The zero-order valence-corrected chi connectivity index (χ0v) is 21.9. The number of nitrogens with one attached hydrogen (secondary N) is 1. The number of benzene rings is 1. The Labute approximate surface area is 217 Å². The second kappa shape index (κ2) is 10.3. The molecular weight excluding hydrogens is 494 g/mol. The lowest BCUT2D eigenvalue weighted by Crippen LogP contribution is -2.32. The molecule has 4 heterocycles. The van der Waals surface area contributed by atoms with Gasteiger partial charge in [-0.2, -0.15) is 0 Å². The van der Waals surface area contributed by atoms with Gasteiger partial charge >= 0.3 is 0 Å². The zero-order chi connectivity index (χ0) is 26.2. The topological polar surface area (TPSA) is 132 Å². The number of fused-ring (bicyclic) bond motifs is 2. The molecule has 2 aromatic heterocycles. The smallest absolute Gasteiger partial charge is 0.267 e. The monoisotopic (exact) mass is 527 g/mol. The van der Waals surface area contributed by atoms with Crippen molar-refractivity contribution in [3.8, 4) is 11.5 Å². The standard InChI is InChI=1S/C26H33N5O5S/c1-17(2)9-13-31-25-19(6-5-10-27-25)23(32)22(26(31)33)24-28-20-8-7-18(16-21(20)37(34,35)29-24)36-15-14-30-11-3-4-12-30/h5-8,10,16-17,32,34-35H,3-4,9,11-15H2,1-2H3,(H,28,29). The van der Waals surface area contributed by atoms with E-state index in [4.69, 9.17) is 4.74 Å². The number of rotatable bonds is 8. The molecule has 10 nitrogen and oxygen atoms in total. The Morgan fingerprint density at radius 3 is 2.70 bits per heavy atom.